The average molecular weight is 560 g/mol. The number of nitrogens with one attached hydrogen (secondary N) is 2. The lowest BCUT2D eigenvalue weighted by molar-refractivity contribution is -0.137. The predicted molar refractivity (Wildman–Crippen MR) is 165 cm³/mol. The Balaban J connectivity index is 1.27. The minimum Gasteiger partial charge on any atom is -0.480 e. The summed E-state index contributed by atoms with van der Waals surface area (Å²) in [6.45, 7) is 0. The van der Waals surface area contributed by atoms with Crippen LogP contribution in [0, 0.1) is 0 Å². The molecule has 4 N–H and O–H groups in total. The van der Waals surface area contributed by atoms with Crippen LogP contribution in [0.15, 0.2) is 115 Å². The maximum absolute atomic E-state index is 13.0. The molecule has 210 valence electrons. The second kappa shape index (κ2) is 12.3. The van der Waals surface area contributed by atoms with Gasteiger partial charge in [0.25, 0.3) is 0 Å². The third-order valence-corrected chi connectivity index (χ3v) is 7.05. The molecule has 42 heavy (non-hydrogen) atoms. The molecule has 8 heteroatoms. The Morgan fingerprint density at radius 1 is 0.738 bits per heavy atom. The summed E-state index contributed by atoms with van der Waals surface area (Å²) >= 11 is 0. The van der Waals surface area contributed by atoms with Crippen LogP contribution in [-0.4, -0.2) is 41.3 Å². The van der Waals surface area contributed by atoms with Crippen molar-refractivity contribution in [3.8, 4) is 11.1 Å². The molecule has 0 aliphatic rings. The van der Waals surface area contributed by atoms with Gasteiger partial charge in [-0.3, -0.25) is 4.90 Å². The molecule has 0 aromatic heterocycles. The number of hydrogen-bond acceptors (Lipinski definition) is 4. The number of benzene rings is 5. The fourth-order valence-electron chi connectivity index (χ4n) is 4.74. The summed E-state index contributed by atoms with van der Waals surface area (Å²) in [5.41, 5.74) is 4.25. The topological polar surface area (TPSA) is 119 Å². The fourth-order valence-corrected chi connectivity index (χ4v) is 4.74. The van der Waals surface area contributed by atoms with Crippen molar-refractivity contribution in [1.29, 1.82) is 0 Å². The number of carboxylic acid groups (broad SMARTS) is 2. The molecule has 2 amide bonds. The van der Waals surface area contributed by atoms with Crippen LogP contribution in [0.5, 0.6) is 0 Å². The highest BCUT2D eigenvalue weighted by atomic mass is 16.4. The normalized spacial score (nSPS) is 11.5. The van der Waals surface area contributed by atoms with E-state index in [1.807, 2.05) is 91.0 Å². The van der Waals surface area contributed by atoms with Crippen LogP contribution < -0.4 is 15.5 Å². The Morgan fingerprint density at radius 2 is 1.45 bits per heavy atom. The van der Waals surface area contributed by atoms with E-state index in [1.54, 1.807) is 30.1 Å². The Bertz CT molecular complexity index is 1770. The number of amides is 2. The highest BCUT2D eigenvalue weighted by Gasteiger charge is 2.21. The first-order valence-electron chi connectivity index (χ1n) is 13.3. The lowest BCUT2D eigenvalue weighted by Gasteiger charge is -2.19. The molecule has 1 atom stereocenters. The van der Waals surface area contributed by atoms with E-state index in [4.69, 9.17) is 0 Å². The van der Waals surface area contributed by atoms with Crippen molar-refractivity contribution in [2.75, 3.05) is 22.6 Å². The van der Waals surface area contributed by atoms with E-state index in [1.165, 1.54) is 6.07 Å². The van der Waals surface area contributed by atoms with Gasteiger partial charge in [0.05, 0.1) is 5.56 Å². The van der Waals surface area contributed by atoms with Crippen molar-refractivity contribution in [1.82, 2.24) is 0 Å². The van der Waals surface area contributed by atoms with Gasteiger partial charge in [-0.1, -0.05) is 78.9 Å². The molecule has 5 aromatic carbocycles. The summed E-state index contributed by atoms with van der Waals surface area (Å²) < 4.78 is 0. The molecule has 0 aliphatic heterocycles. The van der Waals surface area contributed by atoms with Crippen LogP contribution in [-0.2, 0) is 11.2 Å². The first-order valence-corrected chi connectivity index (χ1v) is 13.3. The lowest BCUT2D eigenvalue weighted by Crippen LogP contribution is -2.32. The number of hydrogen-bond donors (Lipinski definition) is 4. The first-order chi connectivity index (χ1) is 20.3. The minimum atomic E-state index is -1.13. The van der Waals surface area contributed by atoms with Crippen molar-refractivity contribution in [3.05, 3.63) is 126 Å². The van der Waals surface area contributed by atoms with Crippen molar-refractivity contribution in [2.24, 2.45) is 0 Å². The van der Waals surface area contributed by atoms with Gasteiger partial charge in [0.1, 0.15) is 6.04 Å². The average Bonchev–Trinajstić information content (AvgIpc) is 3.00. The Hall–Kier alpha value is -5.63. The zero-order valence-corrected chi connectivity index (χ0v) is 22.8. The van der Waals surface area contributed by atoms with Crippen LogP contribution in [0.4, 0.5) is 21.9 Å². The standard InChI is InChI=1S/C34H29N3O5/c1-37(34(42)35-27-18-17-23-7-2-3-8-25(23)20-27)28-10-6-9-26(21-28)24-15-13-22(14-16-24)19-31(33(40)41)36-30-12-5-4-11-29(30)32(38)39/h2-18,20-21,31,36H,19H2,1H3,(H,35,42)(H,38,39)(H,40,41). The van der Waals surface area contributed by atoms with Crippen LogP contribution in [0.2, 0.25) is 0 Å². The van der Waals surface area contributed by atoms with Crippen molar-refractivity contribution >= 4 is 45.8 Å². The van der Waals surface area contributed by atoms with Crippen LogP contribution in [0.25, 0.3) is 21.9 Å². The number of nitrogens with zero attached hydrogens (tertiary/aromatic N) is 1. The number of rotatable bonds is 9. The zero-order valence-electron chi connectivity index (χ0n) is 22.8. The number of aliphatic carboxylic acids is 1. The van der Waals surface area contributed by atoms with Crippen LogP contribution >= 0.6 is 0 Å². The van der Waals surface area contributed by atoms with Crippen LogP contribution in [0.1, 0.15) is 15.9 Å². The van der Waals surface area contributed by atoms with E-state index in [2.05, 4.69) is 10.6 Å². The van der Waals surface area contributed by atoms with Gasteiger partial charge in [-0.05, 0) is 63.9 Å². The second-order valence-corrected chi connectivity index (χ2v) is 9.89. The highest BCUT2D eigenvalue weighted by Crippen LogP contribution is 2.26. The number of carboxylic acids is 2. The maximum atomic E-state index is 13.0. The smallest absolute Gasteiger partial charge is 0.337 e. The van der Waals surface area contributed by atoms with E-state index < -0.39 is 18.0 Å². The molecule has 0 heterocycles. The Labute approximate surface area is 242 Å². The SMILES string of the molecule is CN(C(=O)Nc1ccc2ccccc2c1)c1cccc(-c2ccc(CC(Nc3ccccc3C(=O)O)C(=O)O)cc2)c1. The van der Waals surface area contributed by atoms with Crippen molar-refractivity contribution < 1.29 is 24.6 Å². The minimum absolute atomic E-state index is 0.00916. The molecular formula is C34H29N3O5. The Kier molecular flexibility index (Phi) is 8.15. The van der Waals surface area contributed by atoms with Crippen LogP contribution in [0.3, 0.4) is 0 Å². The van der Waals surface area contributed by atoms with E-state index in [9.17, 15) is 24.6 Å². The maximum Gasteiger partial charge on any atom is 0.337 e. The summed E-state index contributed by atoms with van der Waals surface area (Å²) in [5.74, 6) is -2.22. The number of carbonyl (C=O) groups excluding carboxylic acids is 1. The summed E-state index contributed by atoms with van der Waals surface area (Å²) in [4.78, 5) is 38.0. The van der Waals surface area contributed by atoms with Gasteiger partial charge >= 0.3 is 18.0 Å². The predicted octanol–water partition coefficient (Wildman–Crippen LogP) is 6.98. The molecule has 5 aromatic rings. The molecule has 1 unspecified atom stereocenters. The quantitative estimate of drug-likeness (QED) is 0.155. The summed E-state index contributed by atoms with van der Waals surface area (Å²) in [7, 11) is 1.71. The van der Waals surface area contributed by atoms with Gasteiger partial charge in [0.15, 0.2) is 0 Å². The van der Waals surface area contributed by atoms with E-state index >= 15 is 0 Å². The molecule has 0 aliphatic carbocycles. The molecule has 5 rings (SSSR count). The van der Waals surface area contributed by atoms with Gasteiger partial charge in [-0.2, -0.15) is 0 Å². The number of para-hydroxylation sites is 1. The second-order valence-electron chi connectivity index (χ2n) is 9.89. The van der Waals surface area contributed by atoms with Crippen molar-refractivity contribution in [2.45, 2.75) is 12.5 Å². The van der Waals surface area contributed by atoms with E-state index in [0.717, 1.165) is 27.5 Å². The number of anilines is 3. The molecule has 0 bridgehead atoms. The first kappa shape index (κ1) is 27.9. The number of urea groups is 1. The van der Waals surface area contributed by atoms with E-state index in [-0.39, 0.29) is 23.7 Å². The van der Waals surface area contributed by atoms with Gasteiger partial charge in [-0.15, -0.1) is 0 Å². The third-order valence-electron chi connectivity index (χ3n) is 7.05. The van der Waals surface area contributed by atoms with E-state index in [0.29, 0.717) is 11.4 Å². The summed E-state index contributed by atoms with van der Waals surface area (Å²) in [5, 5.41) is 27.1. The number of fused-ring (bicyclic) bond motifs is 1. The fraction of sp³-hybridized carbons (Fsp3) is 0.0882. The molecule has 0 fully saturated rings. The van der Waals surface area contributed by atoms with Gasteiger partial charge in [0.2, 0.25) is 0 Å². The monoisotopic (exact) mass is 559 g/mol. The van der Waals surface area contributed by atoms with Gasteiger partial charge < -0.3 is 20.8 Å². The molecule has 0 saturated heterocycles. The van der Waals surface area contributed by atoms with Crippen molar-refractivity contribution in [3.63, 3.8) is 0 Å². The molecule has 8 nitrogen and oxygen atoms in total. The van der Waals surface area contributed by atoms with Gasteiger partial charge in [0, 0.05) is 30.5 Å². The highest BCUT2D eigenvalue weighted by molar-refractivity contribution is 6.03. The third kappa shape index (κ3) is 6.39. The zero-order chi connectivity index (χ0) is 29.6. The summed E-state index contributed by atoms with van der Waals surface area (Å²) in [6.07, 6.45) is 0.154. The molecular weight excluding hydrogens is 530 g/mol. The molecule has 0 spiro atoms. The van der Waals surface area contributed by atoms with Gasteiger partial charge in [-0.25, -0.2) is 14.4 Å². The lowest BCUT2D eigenvalue weighted by atomic mass is 10.00. The Morgan fingerprint density at radius 3 is 2.19 bits per heavy atom. The largest absolute Gasteiger partial charge is 0.480 e. The number of carbonyl (C=O) groups is 3. The molecule has 0 radical (unpaired) electrons. The number of aromatic carboxylic acids is 1. The molecule has 0 saturated carbocycles. The summed E-state index contributed by atoms with van der Waals surface area (Å²) in [6, 6.07) is 33.8.